The number of carbonyl (C=O) groups excluding carboxylic acids is 1. The van der Waals surface area contributed by atoms with E-state index in [1.165, 1.54) is 0 Å². The molecule has 1 unspecified atom stereocenters. The van der Waals surface area contributed by atoms with Crippen molar-refractivity contribution in [2.75, 3.05) is 19.7 Å². The van der Waals surface area contributed by atoms with Crippen LogP contribution in [0.15, 0.2) is 0 Å². The standard InChI is InChI=1S/C9H19NO4/c1-2-3-4-10-5-7(12)9(14)8(13)6-11/h7-8,10-13H,2-6H2,1H3/t7-,8?/m1/s1. The van der Waals surface area contributed by atoms with Gasteiger partial charge in [0.15, 0.2) is 5.78 Å². The molecular formula is C9H19NO4. The Hall–Kier alpha value is -0.490. The fraction of sp³-hybridized carbons (Fsp3) is 0.889. The van der Waals surface area contributed by atoms with E-state index < -0.39 is 24.6 Å². The zero-order valence-electron chi connectivity index (χ0n) is 8.44. The van der Waals surface area contributed by atoms with Crippen LogP contribution in [-0.4, -0.2) is 53.0 Å². The lowest BCUT2D eigenvalue weighted by atomic mass is 10.1. The van der Waals surface area contributed by atoms with Gasteiger partial charge in [0.1, 0.15) is 12.2 Å². The minimum atomic E-state index is -1.47. The highest BCUT2D eigenvalue weighted by Crippen LogP contribution is 1.92. The van der Waals surface area contributed by atoms with Crippen molar-refractivity contribution in [2.45, 2.75) is 32.0 Å². The van der Waals surface area contributed by atoms with Crippen molar-refractivity contribution in [2.24, 2.45) is 0 Å². The normalized spacial score (nSPS) is 15.1. The van der Waals surface area contributed by atoms with Gasteiger partial charge in [-0.15, -0.1) is 0 Å². The quantitative estimate of drug-likeness (QED) is 0.368. The highest BCUT2D eigenvalue weighted by molar-refractivity contribution is 5.87. The van der Waals surface area contributed by atoms with Gasteiger partial charge in [0.2, 0.25) is 0 Å². The molecule has 0 aromatic heterocycles. The van der Waals surface area contributed by atoms with Crippen LogP contribution in [0.5, 0.6) is 0 Å². The molecule has 0 aliphatic carbocycles. The molecule has 0 heterocycles. The monoisotopic (exact) mass is 205 g/mol. The number of nitrogens with one attached hydrogen (secondary N) is 1. The van der Waals surface area contributed by atoms with Crippen LogP contribution in [0.1, 0.15) is 19.8 Å². The van der Waals surface area contributed by atoms with E-state index in [2.05, 4.69) is 5.32 Å². The van der Waals surface area contributed by atoms with E-state index in [9.17, 15) is 9.90 Å². The summed E-state index contributed by atoms with van der Waals surface area (Å²) in [6.45, 7) is 2.25. The number of aliphatic hydroxyl groups excluding tert-OH is 3. The highest BCUT2D eigenvalue weighted by Gasteiger charge is 2.21. The van der Waals surface area contributed by atoms with Crippen LogP contribution < -0.4 is 5.32 Å². The third-order valence-corrected chi connectivity index (χ3v) is 1.87. The van der Waals surface area contributed by atoms with Crippen LogP contribution in [0, 0.1) is 0 Å². The van der Waals surface area contributed by atoms with Crippen molar-refractivity contribution < 1.29 is 20.1 Å². The van der Waals surface area contributed by atoms with Gasteiger partial charge in [-0.2, -0.15) is 0 Å². The number of hydrogen-bond acceptors (Lipinski definition) is 5. The summed E-state index contributed by atoms with van der Waals surface area (Å²) in [5.41, 5.74) is 0. The number of rotatable bonds is 8. The van der Waals surface area contributed by atoms with Crippen LogP contribution in [-0.2, 0) is 4.79 Å². The zero-order valence-corrected chi connectivity index (χ0v) is 8.44. The van der Waals surface area contributed by atoms with E-state index in [0.29, 0.717) is 0 Å². The summed E-state index contributed by atoms with van der Waals surface area (Å²) in [4.78, 5) is 11.0. The molecule has 0 aromatic rings. The lowest BCUT2D eigenvalue weighted by Crippen LogP contribution is -2.41. The highest BCUT2D eigenvalue weighted by atomic mass is 16.3. The van der Waals surface area contributed by atoms with Gasteiger partial charge < -0.3 is 20.6 Å². The van der Waals surface area contributed by atoms with Gasteiger partial charge in [0.25, 0.3) is 0 Å². The van der Waals surface area contributed by atoms with Crippen molar-refractivity contribution in [1.29, 1.82) is 0 Å². The molecule has 84 valence electrons. The summed E-state index contributed by atoms with van der Waals surface area (Å²) < 4.78 is 0. The van der Waals surface area contributed by atoms with Gasteiger partial charge in [-0.05, 0) is 13.0 Å². The summed E-state index contributed by atoms with van der Waals surface area (Å²) in [5, 5.41) is 29.5. The third kappa shape index (κ3) is 5.29. The fourth-order valence-corrected chi connectivity index (χ4v) is 0.953. The molecule has 14 heavy (non-hydrogen) atoms. The lowest BCUT2D eigenvalue weighted by Gasteiger charge is -2.13. The van der Waals surface area contributed by atoms with Crippen molar-refractivity contribution in [3.8, 4) is 0 Å². The molecule has 0 aromatic carbocycles. The number of hydrogen-bond donors (Lipinski definition) is 4. The Morgan fingerprint density at radius 2 is 2.00 bits per heavy atom. The maximum Gasteiger partial charge on any atom is 0.193 e. The Kier molecular flexibility index (Phi) is 7.60. The Balaban J connectivity index is 3.62. The molecule has 0 radical (unpaired) electrons. The van der Waals surface area contributed by atoms with Gasteiger partial charge in [-0.25, -0.2) is 0 Å². The molecule has 0 spiro atoms. The topological polar surface area (TPSA) is 89.8 Å². The molecule has 0 saturated carbocycles. The SMILES string of the molecule is CCCCNC[C@@H](O)C(=O)C(O)CO. The summed E-state index contributed by atoms with van der Waals surface area (Å²) in [7, 11) is 0. The summed E-state index contributed by atoms with van der Waals surface area (Å²) in [5.74, 6) is -0.739. The van der Waals surface area contributed by atoms with Crippen LogP contribution in [0.2, 0.25) is 0 Å². The first-order chi connectivity index (χ1) is 6.63. The number of carbonyl (C=O) groups is 1. The number of aliphatic hydroxyl groups is 3. The molecule has 0 saturated heterocycles. The van der Waals surface area contributed by atoms with Crippen LogP contribution in [0.3, 0.4) is 0 Å². The van der Waals surface area contributed by atoms with E-state index in [0.717, 1.165) is 19.4 Å². The Morgan fingerprint density at radius 1 is 1.36 bits per heavy atom. The second kappa shape index (κ2) is 7.87. The molecule has 4 N–H and O–H groups in total. The van der Waals surface area contributed by atoms with Crippen LogP contribution in [0.4, 0.5) is 0 Å². The average Bonchev–Trinajstić information content (AvgIpc) is 2.21. The first kappa shape index (κ1) is 13.5. The number of unbranched alkanes of at least 4 members (excludes halogenated alkanes) is 1. The summed E-state index contributed by atoms with van der Waals surface area (Å²) in [6, 6.07) is 0. The molecule has 5 nitrogen and oxygen atoms in total. The maximum absolute atomic E-state index is 11.0. The van der Waals surface area contributed by atoms with Gasteiger partial charge >= 0.3 is 0 Å². The molecule has 0 aliphatic rings. The maximum atomic E-state index is 11.0. The van der Waals surface area contributed by atoms with Crippen molar-refractivity contribution in [3.05, 3.63) is 0 Å². The molecule has 0 rings (SSSR count). The summed E-state index contributed by atoms with van der Waals surface area (Å²) >= 11 is 0. The smallest absolute Gasteiger partial charge is 0.193 e. The second-order valence-corrected chi connectivity index (χ2v) is 3.17. The molecule has 5 heteroatoms. The molecule has 0 fully saturated rings. The first-order valence-electron chi connectivity index (χ1n) is 4.84. The average molecular weight is 205 g/mol. The lowest BCUT2D eigenvalue weighted by molar-refractivity contribution is -0.137. The fourth-order valence-electron chi connectivity index (χ4n) is 0.953. The van der Waals surface area contributed by atoms with Crippen LogP contribution in [0.25, 0.3) is 0 Å². The van der Waals surface area contributed by atoms with Crippen molar-refractivity contribution in [1.82, 2.24) is 5.32 Å². The van der Waals surface area contributed by atoms with E-state index in [-0.39, 0.29) is 6.54 Å². The largest absolute Gasteiger partial charge is 0.393 e. The van der Waals surface area contributed by atoms with Gasteiger partial charge in [0.05, 0.1) is 6.61 Å². The summed E-state index contributed by atoms with van der Waals surface area (Å²) in [6.07, 6.45) is -0.702. The predicted molar refractivity (Wildman–Crippen MR) is 51.9 cm³/mol. The molecular weight excluding hydrogens is 186 g/mol. The van der Waals surface area contributed by atoms with E-state index in [4.69, 9.17) is 10.2 Å². The van der Waals surface area contributed by atoms with Crippen LogP contribution >= 0.6 is 0 Å². The molecule has 0 aliphatic heterocycles. The third-order valence-electron chi connectivity index (χ3n) is 1.87. The first-order valence-corrected chi connectivity index (χ1v) is 4.84. The zero-order chi connectivity index (χ0) is 11.0. The molecule has 0 bridgehead atoms. The van der Waals surface area contributed by atoms with Gasteiger partial charge in [0, 0.05) is 6.54 Å². The Labute approximate surface area is 83.8 Å². The van der Waals surface area contributed by atoms with Crippen molar-refractivity contribution in [3.63, 3.8) is 0 Å². The Bertz CT molecular complexity index is 163. The number of ketones is 1. The van der Waals surface area contributed by atoms with E-state index >= 15 is 0 Å². The minimum Gasteiger partial charge on any atom is -0.393 e. The molecule has 2 atom stereocenters. The minimum absolute atomic E-state index is 0.121. The van der Waals surface area contributed by atoms with Gasteiger partial charge in [-0.1, -0.05) is 13.3 Å². The van der Waals surface area contributed by atoms with E-state index in [1.54, 1.807) is 0 Å². The van der Waals surface area contributed by atoms with Crippen molar-refractivity contribution >= 4 is 5.78 Å². The second-order valence-electron chi connectivity index (χ2n) is 3.17. The Morgan fingerprint density at radius 3 is 2.50 bits per heavy atom. The molecule has 0 amide bonds. The number of Topliss-reactive ketones (excluding diaryl/α,β-unsaturated/α-hetero) is 1. The van der Waals surface area contributed by atoms with E-state index in [1.807, 2.05) is 6.92 Å². The van der Waals surface area contributed by atoms with Gasteiger partial charge in [-0.3, -0.25) is 4.79 Å². The predicted octanol–water partition coefficient (Wildman–Crippen LogP) is -1.34.